The third-order valence-corrected chi connectivity index (χ3v) is 11.5. The van der Waals surface area contributed by atoms with Crippen molar-refractivity contribution in [1.82, 2.24) is 0 Å². The average Bonchev–Trinajstić information content (AvgIpc) is 2.87. The van der Waals surface area contributed by atoms with E-state index in [2.05, 4.69) is 0 Å². The van der Waals surface area contributed by atoms with E-state index >= 15 is 0 Å². The molecule has 212 valence electrons. The van der Waals surface area contributed by atoms with E-state index in [-0.39, 0.29) is 16.9 Å². The van der Waals surface area contributed by atoms with Gasteiger partial charge in [0.05, 0.1) is 30.1 Å². The number of sulfone groups is 2. The highest BCUT2D eigenvalue weighted by molar-refractivity contribution is 7.93. The van der Waals surface area contributed by atoms with Gasteiger partial charge in [-0.3, -0.25) is 9.11 Å². The Kier molecular flexibility index (Phi) is 7.44. The van der Waals surface area contributed by atoms with Crippen molar-refractivity contribution < 1.29 is 42.8 Å². The Balaban J connectivity index is 1.86. The number of allylic oxidation sites excluding steroid dienone is 2. The van der Waals surface area contributed by atoms with E-state index in [0.717, 1.165) is 30.3 Å². The predicted molar refractivity (Wildman–Crippen MR) is 143 cm³/mol. The lowest BCUT2D eigenvalue weighted by Gasteiger charge is -2.23. The van der Waals surface area contributed by atoms with E-state index in [1.165, 1.54) is 24.3 Å². The van der Waals surface area contributed by atoms with Crippen molar-refractivity contribution in [2.45, 2.75) is 41.5 Å². The monoisotopic (exact) mass is 626 g/mol. The van der Waals surface area contributed by atoms with Crippen molar-refractivity contribution in [3.05, 3.63) is 90.5 Å². The molecule has 0 radical (unpaired) electrons. The highest BCUT2D eigenvalue weighted by Gasteiger charge is 2.31. The first kappa shape index (κ1) is 29.8. The van der Waals surface area contributed by atoms with Crippen molar-refractivity contribution in [2.75, 3.05) is 0 Å². The molecule has 3 aromatic carbocycles. The summed E-state index contributed by atoms with van der Waals surface area (Å²) in [5.41, 5.74) is 11.4. The van der Waals surface area contributed by atoms with Gasteiger partial charge in [0.1, 0.15) is 4.90 Å². The fourth-order valence-corrected chi connectivity index (χ4v) is 8.56. The first-order valence-corrected chi connectivity index (χ1v) is 16.9. The van der Waals surface area contributed by atoms with Crippen LogP contribution in [0.15, 0.2) is 114 Å². The van der Waals surface area contributed by atoms with E-state index in [0.29, 0.717) is 17.7 Å². The molecule has 0 heterocycles. The molecular weight excluding hydrogens is 605 g/mol. The van der Waals surface area contributed by atoms with Crippen LogP contribution in [0.3, 0.4) is 0 Å². The lowest BCUT2D eigenvalue weighted by atomic mass is 9.94. The number of hydrogen-bond donors (Lipinski definition) is 4. The summed E-state index contributed by atoms with van der Waals surface area (Å²) in [4.78, 5) is -4.23. The number of nitrogens with two attached hydrogens (primary N) is 2. The number of benzene rings is 3. The van der Waals surface area contributed by atoms with Gasteiger partial charge in [-0.25, -0.2) is 16.8 Å². The molecule has 12 nitrogen and oxygen atoms in total. The molecule has 0 bridgehead atoms. The van der Waals surface area contributed by atoms with Gasteiger partial charge in [0.2, 0.25) is 19.7 Å². The zero-order chi connectivity index (χ0) is 29.7. The lowest BCUT2D eigenvalue weighted by Crippen LogP contribution is -2.47. The first-order chi connectivity index (χ1) is 18.3. The third-order valence-electron chi connectivity index (χ3n) is 5.96. The maximum absolute atomic E-state index is 13.7. The highest BCUT2D eigenvalue weighted by Crippen LogP contribution is 2.35. The summed E-state index contributed by atoms with van der Waals surface area (Å²) < 4.78 is 120. The van der Waals surface area contributed by atoms with Gasteiger partial charge >= 0.3 is 0 Å². The Morgan fingerprint density at radius 3 is 1.73 bits per heavy atom. The van der Waals surface area contributed by atoms with E-state index < -0.39 is 70.1 Å². The van der Waals surface area contributed by atoms with Gasteiger partial charge in [-0.15, -0.1) is 0 Å². The molecule has 1 aliphatic rings. The van der Waals surface area contributed by atoms with Crippen molar-refractivity contribution in [3.8, 4) is 0 Å². The molecule has 0 spiro atoms. The van der Waals surface area contributed by atoms with Gasteiger partial charge in [0, 0.05) is 12.0 Å². The molecule has 3 aromatic rings. The average molecular weight is 627 g/mol. The summed E-state index contributed by atoms with van der Waals surface area (Å²) >= 11 is 0. The van der Waals surface area contributed by atoms with Crippen molar-refractivity contribution >= 4 is 45.5 Å². The van der Waals surface area contributed by atoms with Crippen LogP contribution in [-0.2, 0) is 39.9 Å². The summed E-state index contributed by atoms with van der Waals surface area (Å²) in [6, 6.07) is 11.1. The summed E-state index contributed by atoms with van der Waals surface area (Å²) in [6.07, 6.45) is 4.90. The Hall–Kier alpha value is -3.22. The van der Waals surface area contributed by atoms with Crippen LogP contribution in [0.5, 0.6) is 0 Å². The van der Waals surface area contributed by atoms with Gasteiger partial charge in [-0.05, 0) is 60.2 Å². The van der Waals surface area contributed by atoms with Crippen molar-refractivity contribution in [3.63, 3.8) is 0 Å². The predicted octanol–water partition coefficient (Wildman–Crippen LogP) is 1.80. The Morgan fingerprint density at radius 2 is 1.18 bits per heavy atom. The molecule has 0 aliphatic heterocycles. The van der Waals surface area contributed by atoms with Crippen LogP contribution in [0.25, 0.3) is 5.57 Å². The van der Waals surface area contributed by atoms with Crippen LogP contribution in [0.4, 0.5) is 0 Å². The summed E-state index contributed by atoms with van der Waals surface area (Å²) in [6.45, 7) is 0. The second kappa shape index (κ2) is 10.0. The molecule has 0 aromatic heterocycles. The normalized spacial score (nSPS) is 15.9. The molecule has 16 heteroatoms. The largest absolute Gasteiger partial charge is 0.310 e. The molecule has 0 saturated carbocycles. The second-order valence-electron chi connectivity index (χ2n) is 8.84. The molecule has 0 unspecified atom stereocenters. The third kappa shape index (κ3) is 5.79. The molecule has 40 heavy (non-hydrogen) atoms. The molecule has 6 N–H and O–H groups in total. The van der Waals surface area contributed by atoms with E-state index in [4.69, 9.17) is 16.0 Å². The standard InChI is InChI=1S/C24H22N2O10S4/c25-24(26)13-11-16(12-14-24)20-3-1-2-4-21(20)38(29,30)19-9-10-22(23(15-19)40(34,35)36)37(27,28)17-5-7-18(8-6-17)39(31,32)33/h1-13,15H,14,25-26H2,(H,31,32,33)(H,34,35,36). The maximum atomic E-state index is 13.7. The van der Waals surface area contributed by atoms with E-state index in [9.17, 15) is 38.2 Å². The first-order valence-electron chi connectivity index (χ1n) is 11.1. The fourth-order valence-electron chi connectivity index (χ4n) is 3.93. The molecule has 1 aliphatic carbocycles. The zero-order valence-electron chi connectivity index (χ0n) is 20.2. The summed E-state index contributed by atoms with van der Waals surface area (Å²) in [7, 11) is -19.2. The van der Waals surface area contributed by atoms with Crippen LogP contribution < -0.4 is 11.5 Å². The SMILES string of the molecule is NC1(N)C=CC(c2ccccc2S(=O)(=O)c2ccc(S(=O)(=O)c3ccc(S(=O)(=O)O)cc3)c(S(=O)(=O)O)c2)=CC1. The van der Waals surface area contributed by atoms with E-state index in [1.54, 1.807) is 18.2 Å². The van der Waals surface area contributed by atoms with Gasteiger partial charge in [0.15, 0.2) is 0 Å². The van der Waals surface area contributed by atoms with Gasteiger partial charge in [-0.1, -0.05) is 30.4 Å². The molecule has 0 atom stereocenters. The highest BCUT2D eigenvalue weighted by atomic mass is 32.2. The quantitative estimate of drug-likeness (QED) is 0.217. The molecule has 4 rings (SSSR count). The molecular formula is C24H22N2O10S4. The minimum Gasteiger partial charge on any atom is -0.310 e. The van der Waals surface area contributed by atoms with Crippen molar-refractivity contribution in [1.29, 1.82) is 0 Å². The molecule has 0 fully saturated rings. The number of hydrogen-bond acceptors (Lipinski definition) is 10. The van der Waals surface area contributed by atoms with E-state index in [1.807, 2.05) is 0 Å². The Labute approximate surface area is 231 Å². The van der Waals surface area contributed by atoms with Crippen LogP contribution >= 0.6 is 0 Å². The van der Waals surface area contributed by atoms with Crippen LogP contribution in [0.1, 0.15) is 12.0 Å². The maximum Gasteiger partial charge on any atom is 0.295 e. The smallest absolute Gasteiger partial charge is 0.295 e. The summed E-state index contributed by atoms with van der Waals surface area (Å²) in [5, 5.41) is 0. The second-order valence-corrected chi connectivity index (χ2v) is 15.5. The van der Waals surface area contributed by atoms with Crippen LogP contribution in [0.2, 0.25) is 0 Å². The number of rotatable bonds is 7. The lowest BCUT2D eigenvalue weighted by molar-refractivity contribution is 0.478. The van der Waals surface area contributed by atoms with Gasteiger partial charge < -0.3 is 11.5 Å². The summed E-state index contributed by atoms with van der Waals surface area (Å²) in [5.74, 6) is 0. The fraction of sp³-hybridized carbons (Fsp3) is 0.0833. The Bertz CT molecular complexity index is 2010. The zero-order valence-corrected chi connectivity index (χ0v) is 23.5. The van der Waals surface area contributed by atoms with Crippen LogP contribution in [0, 0.1) is 0 Å². The van der Waals surface area contributed by atoms with Gasteiger partial charge in [-0.2, -0.15) is 16.8 Å². The van der Waals surface area contributed by atoms with Crippen molar-refractivity contribution in [2.24, 2.45) is 11.5 Å². The topological polar surface area (TPSA) is 229 Å². The minimum absolute atomic E-state index is 0.206. The van der Waals surface area contributed by atoms with Crippen LogP contribution in [-0.4, -0.2) is 48.4 Å². The minimum atomic E-state index is -5.29. The molecule has 0 saturated heterocycles. The Morgan fingerprint density at radius 1 is 0.625 bits per heavy atom. The van der Waals surface area contributed by atoms with Gasteiger partial charge in [0.25, 0.3) is 20.2 Å². The molecule has 0 amide bonds.